The summed E-state index contributed by atoms with van der Waals surface area (Å²) in [4.78, 5) is 15.4. The summed E-state index contributed by atoms with van der Waals surface area (Å²) >= 11 is 5.88. The van der Waals surface area contributed by atoms with Gasteiger partial charge in [-0.3, -0.25) is 4.79 Å². The average Bonchev–Trinajstić information content (AvgIpc) is 3.22. The van der Waals surface area contributed by atoms with Gasteiger partial charge in [0.25, 0.3) is 0 Å². The Hall–Kier alpha value is -1.98. The summed E-state index contributed by atoms with van der Waals surface area (Å²) in [6.45, 7) is 0.917. The summed E-state index contributed by atoms with van der Waals surface area (Å²) in [5, 5.41) is 0.454. The Bertz CT molecular complexity index is 1280. The molecule has 0 radical (unpaired) electrons. The lowest BCUT2D eigenvalue weighted by atomic mass is 9.98. The van der Waals surface area contributed by atoms with Crippen molar-refractivity contribution in [3.8, 4) is 0 Å². The number of carbonyl (C=O) groups excluding carboxylic acids is 1. The number of sulfonamides is 2. The molecule has 2 aliphatic heterocycles. The molecule has 0 spiro atoms. The van der Waals surface area contributed by atoms with E-state index in [2.05, 4.69) is 0 Å². The topological polar surface area (TPSA) is 95.1 Å². The summed E-state index contributed by atoms with van der Waals surface area (Å²) in [6.07, 6.45) is 1.74. The number of nitrogens with zero attached hydrogens (tertiary/aromatic N) is 3. The second-order valence-electron chi connectivity index (χ2n) is 8.47. The summed E-state index contributed by atoms with van der Waals surface area (Å²) in [6, 6.07) is 10.8. The van der Waals surface area contributed by atoms with Crippen LogP contribution in [-0.4, -0.2) is 65.1 Å². The van der Waals surface area contributed by atoms with Gasteiger partial charge in [-0.25, -0.2) is 21.1 Å². The molecule has 33 heavy (non-hydrogen) atoms. The smallest absolute Gasteiger partial charge is 0.243 e. The van der Waals surface area contributed by atoms with E-state index in [1.54, 1.807) is 17.0 Å². The number of fused-ring (bicyclic) bond motifs is 1. The Labute approximate surface area is 199 Å². The number of piperidine rings is 1. The van der Waals surface area contributed by atoms with Gasteiger partial charge in [-0.05, 0) is 67.3 Å². The van der Waals surface area contributed by atoms with E-state index in [0.717, 1.165) is 9.87 Å². The minimum Gasteiger partial charge on any atom is -0.312 e. The van der Waals surface area contributed by atoms with Crippen molar-refractivity contribution in [2.45, 2.75) is 29.1 Å². The molecule has 1 amide bonds. The summed E-state index contributed by atoms with van der Waals surface area (Å²) < 4.78 is 53.5. The summed E-state index contributed by atoms with van der Waals surface area (Å²) in [5.41, 5.74) is 1.49. The molecule has 8 nitrogen and oxygen atoms in total. The van der Waals surface area contributed by atoms with E-state index in [-0.39, 0.29) is 22.2 Å². The zero-order valence-electron chi connectivity index (χ0n) is 18.4. The van der Waals surface area contributed by atoms with Gasteiger partial charge in [0, 0.05) is 44.4 Å². The maximum Gasteiger partial charge on any atom is 0.243 e. The largest absolute Gasteiger partial charge is 0.312 e. The van der Waals surface area contributed by atoms with Crippen LogP contribution in [-0.2, 0) is 31.3 Å². The zero-order chi connectivity index (χ0) is 24.0. The van der Waals surface area contributed by atoms with E-state index >= 15 is 0 Å². The van der Waals surface area contributed by atoms with Crippen molar-refractivity contribution >= 4 is 43.2 Å². The highest BCUT2D eigenvalue weighted by atomic mass is 35.5. The van der Waals surface area contributed by atoms with Crippen LogP contribution in [0.4, 0.5) is 5.69 Å². The lowest BCUT2D eigenvalue weighted by Gasteiger charge is -2.33. The van der Waals surface area contributed by atoms with Crippen LogP contribution in [0.25, 0.3) is 0 Å². The molecule has 2 aromatic carbocycles. The van der Waals surface area contributed by atoms with Crippen LogP contribution in [0.3, 0.4) is 0 Å². The molecule has 2 heterocycles. The van der Waals surface area contributed by atoms with Crippen LogP contribution < -0.4 is 4.90 Å². The molecule has 1 saturated heterocycles. The number of amides is 1. The van der Waals surface area contributed by atoms with E-state index < -0.39 is 26.0 Å². The van der Waals surface area contributed by atoms with Gasteiger partial charge in [0.2, 0.25) is 26.0 Å². The van der Waals surface area contributed by atoms with E-state index in [9.17, 15) is 21.6 Å². The molecule has 0 aromatic heterocycles. The van der Waals surface area contributed by atoms with Crippen LogP contribution in [0.2, 0.25) is 5.02 Å². The van der Waals surface area contributed by atoms with Crippen molar-refractivity contribution in [1.29, 1.82) is 0 Å². The number of halogens is 1. The van der Waals surface area contributed by atoms with Crippen molar-refractivity contribution in [3.63, 3.8) is 0 Å². The summed E-state index contributed by atoms with van der Waals surface area (Å²) in [7, 11) is -4.33. The number of carbonyl (C=O) groups is 1. The monoisotopic (exact) mass is 511 g/mol. The first-order chi connectivity index (χ1) is 15.5. The SMILES string of the molecule is CN(C)S(=O)(=O)c1ccc2c(c1)CCN2C(=O)[C@H]1CCCN(S(=O)(=O)c2ccc(Cl)cc2)C1. The fourth-order valence-electron chi connectivity index (χ4n) is 4.32. The Kier molecular flexibility index (Phi) is 6.58. The third kappa shape index (κ3) is 4.54. The molecule has 0 bridgehead atoms. The van der Waals surface area contributed by atoms with Gasteiger partial charge < -0.3 is 4.90 Å². The maximum atomic E-state index is 13.4. The number of hydrogen-bond donors (Lipinski definition) is 0. The van der Waals surface area contributed by atoms with Gasteiger partial charge in [0.15, 0.2) is 0 Å². The maximum absolute atomic E-state index is 13.4. The van der Waals surface area contributed by atoms with Gasteiger partial charge in [-0.1, -0.05) is 11.6 Å². The lowest BCUT2D eigenvalue weighted by molar-refractivity contribution is -0.123. The molecule has 2 aromatic rings. The van der Waals surface area contributed by atoms with Gasteiger partial charge in [-0.2, -0.15) is 4.31 Å². The molecule has 1 fully saturated rings. The van der Waals surface area contributed by atoms with Crippen molar-refractivity contribution in [3.05, 3.63) is 53.1 Å². The van der Waals surface area contributed by atoms with Crippen LogP contribution >= 0.6 is 11.6 Å². The average molecular weight is 512 g/mol. The highest BCUT2D eigenvalue weighted by Crippen LogP contribution is 2.34. The number of anilines is 1. The highest BCUT2D eigenvalue weighted by molar-refractivity contribution is 7.89. The van der Waals surface area contributed by atoms with E-state index in [4.69, 9.17) is 11.6 Å². The highest BCUT2D eigenvalue weighted by Gasteiger charge is 2.37. The fraction of sp³-hybridized carbons (Fsp3) is 0.409. The third-order valence-corrected chi connectivity index (χ3v) is 10.1. The third-order valence-electron chi connectivity index (χ3n) is 6.18. The van der Waals surface area contributed by atoms with Crippen LogP contribution in [0.15, 0.2) is 52.3 Å². The Balaban J connectivity index is 1.53. The fourth-order valence-corrected chi connectivity index (χ4v) is 6.92. The molecule has 1 atom stereocenters. The predicted molar refractivity (Wildman–Crippen MR) is 126 cm³/mol. The van der Waals surface area contributed by atoms with Crippen molar-refractivity contribution in [2.24, 2.45) is 5.92 Å². The van der Waals surface area contributed by atoms with E-state index in [1.807, 2.05) is 0 Å². The molecule has 11 heteroatoms. The molecule has 0 aliphatic carbocycles. The normalized spacial score (nSPS) is 19.6. The first-order valence-corrected chi connectivity index (χ1v) is 13.9. The van der Waals surface area contributed by atoms with Crippen molar-refractivity contribution < 1.29 is 21.6 Å². The summed E-state index contributed by atoms with van der Waals surface area (Å²) in [5.74, 6) is -0.593. The Morgan fingerprint density at radius 2 is 1.67 bits per heavy atom. The van der Waals surface area contributed by atoms with Gasteiger partial charge in [0.05, 0.1) is 15.7 Å². The first kappa shape index (κ1) is 24.2. The van der Waals surface area contributed by atoms with Gasteiger partial charge in [-0.15, -0.1) is 0 Å². The lowest BCUT2D eigenvalue weighted by Crippen LogP contribution is -2.46. The minimum absolute atomic E-state index is 0.114. The zero-order valence-corrected chi connectivity index (χ0v) is 20.8. The molecule has 0 N–H and O–H groups in total. The molecular weight excluding hydrogens is 486 g/mol. The molecule has 178 valence electrons. The second kappa shape index (κ2) is 8.99. The number of hydrogen-bond acceptors (Lipinski definition) is 5. The standard InChI is InChI=1S/C22H26ClN3O5S2/c1-24(2)32(28,29)20-9-10-21-16(14-20)11-13-26(21)22(27)17-4-3-12-25(15-17)33(30,31)19-7-5-18(23)6-8-19/h5-10,14,17H,3-4,11-13,15H2,1-2H3/t17-/m0/s1. The molecule has 4 rings (SSSR count). The van der Waals surface area contributed by atoms with Crippen molar-refractivity contribution in [2.75, 3.05) is 38.6 Å². The van der Waals surface area contributed by atoms with E-state index in [1.165, 1.54) is 48.7 Å². The Morgan fingerprint density at radius 1 is 1.00 bits per heavy atom. The molecule has 0 saturated carbocycles. The molecule has 2 aliphatic rings. The van der Waals surface area contributed by atoms with Gasteiger partial charge in [0.1, 0.15) is 0 Å². The Morgan fingerprint density at radius 3 is 2.33 bits per heavy atom. The van der Waals surface area contributed by atoms with E-state index in [0.29, 0.717) is 43.1 Å². The van der Waals surface area contributed by atoms with Crippen molar-refractivity contribution in [1.82, 2.24) is 8.61 Å². The molecule has 0 unspecified atom stereocenters. The van der Waals surface area contributed by atoms with Crippen LogP contribution in [0.5, 0.6) is 0 Å². The van der Waals surface area contributed by atoms with Crippen LogP contribution in [0.1, 0.15) is 18.4 Å². The minimum atomic E-state index is -3.73. The molecular formula is C22H26ClN3O5S2. The quantitative estimate of drug-likeness (QED) is 0.615. The van der Waals surface area contributed by atoms with Crippen LogP contribution in [0, 0.1) is 5.92 Å². The number of benzene rings is 2. The predicted octanol–water partition coefficient (Wildman–Crippen LogP) is 2.58. The first-order valence-electron chi connectivity index (χ1n) is 10.6. The second-order valence-corrected chi connectivity index (χ2v) is 13.0. The van der Waals surface area contributed by atoms with Gasteiger partial charge >= 0.3 is 0 Å². The number of rotatable bonds is 5.